The number of hydrogen-bond acceptors (Lipinski definition) is 4. The standard InChI is InChI=1S/C13H16ClN3O/c1-18-11-4-2-3-9(14)12(11)10-7-16-13(15)17(10)8-5-6-8/h2-4,8,10H,5-7H2,1H3,(H2,15,16). The van der Waals surface area contributed by atoms with Crippen LogP contribution in [-0.4, -0.2) is 30.6 Å². The van der Waals surface area contributed by atoms with Crippen LogP contribution in [0.3, 0.4) is 0 Å². The molecule has 0 saturated heterocycles. The lowest BCUT2D eigenvalue weighted by Crippen LogP contribution is -2.38. The van der Waals surface area contributed by atoms with Gasteiger partial charge >= 0.3 is 0 Å². The number of benzene rings is 1. The lowest BCUT2D eigenvalue weighted by atomic mass is 10.0. The molecule has 0 amide bonds. The van der Waals surface area contributed by atoms with E-state index in [1.54, 1.807) is 7.11 Å². The minimum Gasteiger partial charge on any atom is -0.496 e. The molecule has 96 valence electrons. The number of guanidine groups is 1. The molecule has 1 aliphatic carbocycles. The average molecular weight is 266 g/mol. The van der Waals surface area contributed by atoms with Crippen molar-refractivity contribution < 1.29 is 4.74 Å². The molecule has 0 aromatic heterocycles. The van der Waals surface area contributed by atoms with Crippen molar-refractivity contribution in [3.8, 4) is 5.75 Å². The molecule has 0 radical (unpaired) electrons. The molecule has 1 atom stereocenters. The van der Waals surface area contributed by atoms with Gasteiger partial charge in [-0.15, -0.1) is 0 Å². The Kier molecular flexibility index (Phi) is 2.82. The quantitative estimate of drug-likeness (QED) is 0.911. The molecule has 0 spiro atoms. The van der Waals surface area contributed by atoms with E-state index in [1.165, 1.54) is 12.8 Å². The second-order valence-electron chi connectivity index (χ2n) is 4.71. The Morgan fingerprint density at radius 2 is 2.22 bits per heavy atom. The van der Waals surface area contributed by atoms with Crippen LogP contribution in [0.4, 0.5) is 0 Å². The normalized spacial score (nSPS) is 23.1. The van der Waals surface area contributed by atoms with Gasteiger partial charge in [0, 0.05) is 16.6 Å². The maximum atomic E-state index is 6.33. The van der Waals surface area contributed by atoms with Crippen LogP contribution in [0.5, 0.6) is 5.75 Å². The zero-order valence-corrected chi connectivity index (χ0v) is 11.0. The lowest BCUT2D eigenvalue weighted by molar-refractivity contribution is 0.323. The van der Waals surface area contributed by atoms with Gasteiger partial charge in [0.1, 0.15) is 5.75 Å². The molecule has 1 unspecified atom stereocenters. The van der Waals surface area contributed by atoms with E-state index < -0.39 is 0 Å². The van der Waals surface area contributed by atoms with Gasteiger partial charge in [0.15, 0.2) is 5.96 Å². The van der Waals surface area contributed by atoms with E-state index in [4.69, 9.17) is 22.1 Å². The van der Waals surface area contributed by atoms with E-state index in [2.05, 4.69) is 9.89 Å². The van der Waals surface area contributed by atoms with Crippen LogP contribution < -0.4 is 10.5 Å². The molecule has 1 aromatic carbocycles. The molecule has 1 saturated carbocycles. The number of rotatable bonds is 3. The Hall–Kier alpha value is -1.42. The van der Waals surface area contributed by atoms with Crippen molar-refractivity contribution in [2.75, 3.05) is 13.7 Å². The third-order valence-electron chi connectivity index (χ3n) is 3.53. The number of nitrogens with two attached hydrogens (primary N) is 1. The molecule has 1 aliphatic heterocycles. The molecular formula is C13H16ClN3O. The van der Waals surface area contributed by atoms with E-state index >= 15 is 0 Å². The molecule has 1 aromatic rings. The van der Waals surface area contributed by atoms with Gasteiger partial charge in [0.25, 0.3) is 0 Å². The first-order valence-corrected chi connectivity index (χ1v) is 6.51. The molecule has 3 rings (SSSR count). The number of ether oxygens (including phenoxy) is 1. The topological polar surface area (TPSA) is 50.9 Å². The van der Waals surface area contributed by atoms with E-state index in [0.717, 1.165) is 16.3 Å². The Morgan fingerprint density at radius 3 is 2.89 bits per heavy atom. The van der Waals surface area contributed by atoms with Crippen LogP contribution >= 0.6 is 11.6 Å². The van der Waals surface area contributed by atoms with Gasteiger partial charge in [-0.1, -0.05) is 17.7 Å². The van der Waals surface area contributed by atoms with Gasteiger partial charge < -0.3 is 15.4 Å². The van der Waals surface area contributed by atoms with Crippen molar-refractivity contribution in [3.63, 3.8) is 0 Å². The summed E-state index contributed by atoms with van der Waals surface area (Å²) in [4.78, 5) is 6.54. The highest BCUT2D eigenvalue weighted by molar-refractivity contribution is 6.31. The largest absolute Gasteiger partial charge is 0.496 e. The van der Waals surface area contributed by atoms with Crippen molar-refractivity contribution in [1.82, 2.24) is 4.90 Å². The number of halogens is 1. The number of aliphatic imine (C=N–C) groups is 1. The highest BCUT2D eigenvalue weighted by Gasteiger charge is 2.40. The van der Waals surface area contributed by atoms with Gasteiger partial charge in [-0.3, -0.25) is 4.99 Å². The number of hydrogen-bond donors (Lipinski definition) is 1. The van der Waals surface area contributed by atoms with E-state index in [-0.39, 0.29) is 6.04 Å². The minimum atomic E-state index is 0.112. The molecule has 1 heterocycles. The lowest BCUT2D eigenvalue weighted by Gasteiger charge is -2.28. The van der Waals surface area contributed by atoms with Gasteiger partial charge in [0.05, 0.1) is 19.7 Å². The molecule has 0 bridgehead atoms. The van der Waals surface area contributed by atoms with Crippen LogP contribution in [0.25, 0.3) is 0 Å². The van der Waals surface area contributed by atoms with Crippen LogP contribution in [0.15, 0.2) is 23.2 Å². The fourth-order valence-electron chi connectivity index (χ4n) is 2.55. The fraction of sp³-hybridized carbons (Fsp3) is 0.462. The summed E-state index contributed by atoms with van der Waals surface area (Å²) >= 11 is 6.33. The van der Waals surface area contributed by atoms with Crippen LogP contribution in [-0.2, 0) is 0 Å². The monoisotopic (exact) mass is 265 g/mol. The zero-order valence-electron chi connectivity index (χ0n) is 10.3. The summed E-state index contributed by atoms with van der Waals surface area (Å²) in [5.74, 6) is 1.44. The Bertz CT molecular complexity index is 499. The van der Waals surface area contributed by atoms with Crippen molar-refractivity contribution >= 4 is 17.6 Å². The first kappa shape index (κ1) is 11.7. The van der Waals surface area contributed by atoms with E-state index in [1.807, 2.05) is 18.2 Å². The second kappa shape index (κ2) is 4.35. The third-order valence-corrected chi connectivity index (χ3v) is 3.86. The molecule has 4 nitrogen and oxygen atoms in total. The van der Waals surface area contributed by atoms with E-state index in [0.29, 0.717) is 18.5 Å². The average Bonchev–Trinajstić information content (AvgIpc) is 3.13. The van der Waals surface area contributed by atoms with Gasteiger partial charge in [0.2, 0.25) is 0 Å². The highest BCUT2D eigenvalue weighted by atomic mass is 35.5. The van der Waals surface area contributed by atoms with Crippen LogP contribution in [0.2, 0.25) is 5.02 Å². The molecule has 2 aliphatic rings. The van der Waals surface area contributed by atoms with Crippen LogP contribution in [0, 0.1) is 0 Å². The maximum Gasteiger partial charge on any atom is 0.192 e. The van der Waals surface area contributed by atoms with Crippen molar-refractivity contribution in [3.05, 3.63) is 28.8 Å². The highest BCUT2D eigenvalue weighted by Crippen LogP contribution is 2.42. The predicted molar refractivity (Wildman–Crippen MR) is 72.1 cm³/mol. The van der Waals surface area contributed by atoms with Gasteiger partial charge in [-0.25, -0.2) is 0 Å². The summed E-state index contributed by atoms with van der Waals surface area (Å²) < 4.78 is 5.42. The molecule has 18 heavy (non-hydrogen) atoms. The van der Waals surface area contributed by atoms with E-state index in [9.17, 15) is 0 Å². The van der Waals surface area contributed by atoms with Crippen molar-refractivity contribution in [2.45, 2.75) is 24.9 Å². The summed E-state index contributed by atoms with van der Waals surface area (Å²) in [5, 5.41) is 0.718. The Balaban J connectivity index is 2.00. The van der Waals surface area contributed by atoms with Crippen LogP contribution in [0.1, 0.15) is 24.4 Å². The molecule has 5 heteroatoms. The third kappa shape index (κ3) is 1.81. The summed E-state index contributed by atoms with van der Waals surface area (Å²) in [6.45, 7) is 0.655. The number of nitrogens with zero attached hydrogens (tertiary/aromatic N) is 2. The summed E-state index contributed by atoms with van der Waals surface area (Å²) in [7, 11) is 1.66. The van der Waals surface area contributed by atoms with Crippen molar-refractivity contribution in [1.29, 1.82) is 0 Å². The second-order valence-corrected chi connectivity index (χ2v) is 5.12. The molecular weight excluding hydrogens is 250 g/mol. The Labute approximate surface area is 111 Å². The fourth-order valence-corrected chi connectivity index (χ4v) is 2.84. The predicted octanol–water partition coefficient (Wildman–Crippen LogP) is 2.18. The Morgan fingerprint density at radius 1 is 1.44 bits per heavy atom. The SMILES string of the molecule is COc1cccc(Cl)c1C1CN=C(N)N1C1CC1. The molecule has 2 N–H and O–H groups in total. The van der Waals surface area contributed by atoms with Gasteiger partial charge in [-0.2, -0.15) is 0 Å². The smallest absolute Gasteiger partial charge is 0.192 e. The first-order valence-electron chi connectivity index (χ1n) is 6.13. The molecule has 1 fully saturated rings. The maximum absolute atomic E-state index is 6.33. The summed E-state index contributed by atoms with van der Waals surface area (Å²) in [6, 6.07) is 6.34. The zero-order chi connectivity index (χ0) is 12.7. The summed E-state index contributed by atoms with van der Waals surface area (Å²) in [6.07, 6.45) is 2.36. The van der Waals surface area contributed by atoms with Crippen molar-refractivity contribution in [2.24, 2.45) is 10.7 Å². The minimum absolute atomic E-state index is 0.112. The number of methoxy groups -OCH3 is 1. The summed E-state index contributed by atoms with van der Waals surface area (Å²) in [5.41, 5.74) is 6.98. The van der Waals surface area contributed by atoms with Gasteiger partial charge in [-0.05, 0) is 25.0 Å². The first-order chi connectivity index (χ1) is 8.72.